The number of nitrogens with zero attached hydrogens (tertiary/aromatic N) is 2. The molecular weight excluding hydrogens is 348 g/mol. The van der Waals surface area contributed by atoms with Crippen molar-refractivity contribution in [2.24, 2.45) is 0 Å². The van der Waals surface area contributed by atoms with E-state index in [1.165, 1.54) is 11.8 Å². The Balaban J connectivity index is 1.76. The summed E-state index contributed by atoms with van der Waals surface area (Å²) in [5.74, 6) is 2.42. The molecule has 0 aliphatic carbocycles. The first-order valence-electron chi connectivity index (χ1n) is 7.12. The molecule has 0 radical (unpaired) electrons. The highest BCUT2D eigenvalue weighted by Gasteiger charge is 2.15. The summed E-state index contributed by atoms with van der Waals surface area (Å²) in [6.07, 6.45) is 0. The summed E-state index contributed by atoms with van der Waals surface area (Å²) in [6.45, 7) is 0. The van der Waals surface area contributed by atoms with E-state index in [9.17, 15) is 0 Å². The predicted molar refractivity (Wildman–Crippen MR) is 93.9 cm³/mol. The Morgan fingerprint density at radius 3 is 2.71 bits per heavy atom. The summed E-state index contributed by atoms with van der Waals surface area (Å²) in [6, 6.07) is 13.1. The van der Waals surface area contributed by atoms with Crippen molar-refractivity contribution in [2.45, 2.75) is 11.0 Å². The molecule has 24 heavy (non-hydrogen) atoms. The number of ether oxygens (including phenoxy) is 2. The van der Waals surface area contributed by atoms with Gasteiger partial charge in [-0.05, 0) is 29.8 Å². The maximum absolute atomic E-state index is 5.98. The number of methoxy groups -OCH3 is 2. The van der Waals surface area contributed by atoms with Crippen LogP contribution in [-0.2, 0) is 5.75 Å². The van der Waals surface area contributed by atoms with E-state index in [0.29, 0.717) is 33.4 Å². The van der Waals surface area contributed by atoms with E-state index in [1.54, 1.807) is 20.3 Å². The van der Waals surface area contributed by atoms with Crippen molar-refractivity contribution in [1.82, 2.24) is 10.2 Å². The SMILES string of the molecule is COc1ccc(-c2nnc(SCc3cccc(Cl)c3)o2)c(OC)c1. The van der Waals surface area contributed by atoms with Gasteiger partial charge in [0, 0.05) is 16.8 Å². The number of hydrogen-bond acceptors (Lipinski definition) is 6. The first-order valence-corrected chi connectivity index (χ1v) is 8.49. The Bertz CT molecular complexity index is 838. The van der Waals surface area contributed by atoms with Crippen LogP contribution < -0.4 is 9.47 Å². The molecule has 0 N–H and O–H groups in total. The highest BCUT2D eigenvalue weighted by molar-refractivity contribution is 7.98. The zero-order valence-electron chi connectivity index (χ0n) is 13.2. The lowest BCUT2D eigenvalue weighted by atomic mass is 10.2. The van der Waals surface area contributed by atoms with Crippen LogP contribution in [0, 0.1) is 0 Å². The van der Waals surface area contributed by atoms with Crippen molar-refractivity contribution in [1.29, 1.82) is 0 Å². The van der Waals surface area contributed by atoms with Crippen LogP contribution in [0.15, 0.2) is 52.1 Å². The van der Waals surface area contributed by atoms with Crippen molar-refractivity contribution in [2.75, 3.05) is 14.2 Å². The van der Waals surface area contributed by atoms with Crippen LogP contribution >= 0.6 is 23.4 Å². The van der Waals surface area contributed by atoms with Gasteiger partial charge in [-0.1, -0.05) is 35.5 Å². The predicted octanol–water partition coefficient (Wildman–Crippen LogP) is 4.70. The van der Waals surface area contributed by atoms with Gasteiger partial charge in [-0.25, -0.2) is 0 Å². The summed E-state index contributed by atoms with van der Waals surface area (Å²) in [5.41, 5.74) is 1.81. The molecule has 0 aliphatic heterocycles. The van der Waals surface area contributed by atoms with Gasteiger partial charge >= 0.3 is 0 Å². The molecule has 0 unspecified atom stereocenters. The van der Waals surface area contributed by atoms with E-state index < -0.39 is 0 Å². The Morgan fingerprint density at radius 1 is 1.08 bits per heavy atom. The van der Waals surface area contributed by atoms with Gasteiger partial charge in [0.2, 0.25) is 0 Å². The molecule has 0 fully saturated rings. The summed E-state index contributed by atoms with van der Waals surface area (Å²) in [7, 11) is 3.19. The molecule has 3 aromatic rings. The van der Waals surface area contributed by atoms with Crippen LogP contribution in [0.4, 0.5) is 0 Å². The number of halogens is 1. The minimum atomic E-state index is 0.406. The zero-order valence-corrected chi connectivity index (χ0v) is 14.7. The minimum Gasteiger partial charge on any atom is -0.497 e. The van der Waals surface area contributed by atoms with Crippen molar-refractivity contribution in [3.05, 3.63) is 53.1 Å². The second-order valence-corrected chi connectivity index (χ2v) is 6.22. The van der Waals surface area contributed by atoms with E-state index in [4.69, 9.17) is 25.5 Å². The normalized spacial score (nSPS) is 10.6. The summed E-state index contributed by atoms with van der Waals surface area (Å²) in [5, 5.41) is 9.37. The molecule has 0 bridgehead atoms. The lowest BCUT2D eigenvalue weighted by molar-refractivity contribution is 0.393. The highest BCUT2D eigenvalue weighted by atomic mass is 35.5. The van der Waals surface area contributed by atoms with Crippen LogP contribution in [0.2, 0.25) is 5.02 Å². The maximum Gasteiger partial charge on any atom is 0.277 e. The van der Waals surface area contributed by atoms with Gasteiger partial charge in [0.25, 0.3) is 11.1 Å². The maximum atomic E-state index is 5.98. The number of thioether (sulfide) groups is 1. The molecule has 0 saturated carbocycles. The van der Waals surface area contributed by atoms with E-state index in [-0.39, 0.29) is 0 Å². The third-order valence-electron chi connectivity index (χ3n) is 3.30. The molecule has 7 heteroatoms. The third-order valence-corrected chi connectivity index (χ3v) is 4.42. The second-order valence-electron chi connectivity index (χ2n) is 4.86. The standard InChI is InChI=1S/C17H15ClN2O3S/c1-21-13-6-7-14(15(9-13)22-2)16-19-20-17(23-16)24-10-11-4-3-5-12(18)8-11/h3-9H,10H2,1-2H3. The average Bonchev–Trinajstić information content (AvgIpc) is 3.08. The molecule has 1 heterocycles. The second kappa shape index (κ2) is 7.59. The molecule has 0 amide bonds. The van der Waals surface area contributed by atoms with Gasteiger partial charge in [0.05, 0.1) is 19.8 Å². The Kier molecular flexibility index (Phi) is 5.27. The first kappa shape index (κ1) is 16.7. The van der Waals surface area contributed by atoms with Gasteiger partial charge in [0.15, 0.2) is 0 Å². The fourth-order valence-electron chi connectivity index (χ4n) is 2.12. The van der Waals surface area contributed by atoms with E-state index in [2.05, 4.69) is 10.2 Å². The van der Waals surface area contributed by atoms with Gasteiger partial charge in [0.1, 0.15) is 11.5 Å². The smallest absolute Gasteiger partial charge is 0.277 e. The number of hydrogen-bond donors (Lipinski definition) is 0. The molecule has 5 nitrogen and oxygen atoms in total. The van der Waals surface area contributed by atoms with Crippen molar-refractivity contribution in [3.63, 3.8) is 0 Å². The molecule has 124 valence electrons. The molecule has 0 aliphatic rings. The van der Waals surface area contributed by atoms with Crippen molar-refractivity contribution < 1.29 is 13.9 Å². The third kappa shape index (κ3) is 3.83. The number of rotatable bonds is 6. The van der Waals surface area contributed by atoms with Gasteiger partial charge in [-0.15, -0.1) is 10.2 Å². The van der Waals surface area contributed by atoms with Crippen molar-refractivity contribution in [3.8, 4) is 23.0 Å². The molecule has 1 aromatic heterocycles. The number of aromatic nitrogens is 2. The van der Waals surface area contributed by atoms with Crippen LogP contribution in [0.1, 0.15) is 5.56 Å². The first-order chi connectivity index (χ1) is 11.7. The molecule has 2 aromatic carbocycles. The monoisotopic (exact) mass is 362 g/mol. The lowest BCUT2D eigenvalue weighted by Crippen LogP contribution is -1.90. The fraction of sp³-hybridized carbons (Fsp3) is 0.176. The highest BCUT2D eigenvalue weighted by Crippen LogP contribution is 2.34. The van der Waals surface area contributed by atoms with Crippen LogP contribution in [0.25, 0.3) is 11.5 Å². The summed E-state index contributed by atoms with van der Waals surface area (Å²) < 4.78 is 16.3. The van der Waals surface area contributed by atoms with Gasteiger partial charge in [-0.2, -0.15) is 0 Å². The number of benzene rings is 2. The van der Waals surface area contributed by atoms with Crippen LogP contribution in [0.5, 0.6) is 11.5 Å². The quantitative estimate of drug-likeness (QED) is 0.592. The van der Waals surface area contributed by atoms with Crippen LogP contribution in [-0.4, -0.2) is 24.4 Å². The topological polar surface area (TPSA) is 57.4 Å². The minimum absolute atomic E-state index is 0.406. The fourth-order valence-corrected chi connectivity index (χ4v) is 3.04. The molecule has 3 rings (SSSR count). The zero-order chi connectivity index (χ0) is 16.9. The molecule has 0 saturated heterocycles. The average molecular weight is 363 g/mol. The lowest BCUT2D eigenvalue weighted by Gasteiger charge is -2.07. The summed E-state index contributed by atoms with van der Waals surface area (Å²) in [4.78, 5) is 0. The molecular formula is C17H15ClN2O3S. The van der Waals surface area contributed by atoms with E-state index >= 15 is 0 Å². The van der Waals surface area contributed by atoms with Crippen LogP contribution in [0.3, 0.4) is 0 Å². The van der Waals surface area contributed by atoms with Gasteiger partial charge < -0.3 is 13.9 Å². The molecule has 0 spiro atoms. The molecule has 0 atom stereocenters. The van der Waals surface area contributed by atoms with E-state index in [0.717, 1.165) is 11.1 Å². The Morgan fingerprint density at radius 2 is 1.96 bits per heavy atom. The Hall–Kier alpha value is -2.18. The largest absolute Gasteiger partial charge is 0.497 e. The van der Waals surface area contributed by atoms with Crippen molar-refractivity contribution >= 4 is 23.4 Å². The van der Waals surface area contributed by atoms with Gasteiger partial charge in [-0.3, -0.25) is 0 Å². The Labute approximate surface area is 148 Å². The summed E-state index contributed by atoms with van der Waals surface area (Å²) >= 11 is 7.44. The van der Waals surface area contributed by atoms with E-state index in [1.807, 2.05) is 36.4 Å².